The molecular weight excluding hydrogens is 1220 g/mol. The predicted molar refractivity (Wildman–Crippen MR) is 291 cm³/mol. The van der Waals surface area contributed by atoms with Crippen molar-refractivity contribution in [3.05, 3.63) is 219 Å². The second kappa shape index (κ2) is 21.5. The van der Waals surface area contributed by atoms with Gasteiger partial charge in [-0.05, 0) is 140 Å². The van der Waals surface area contributed by atoms with Crippen molar-refractivity contribution < 1.29 is 59.1 Å². The molecule has 7 aromatic rings. The van der Waals surface area contributed by atoms with Crippen molar-refractivity contribution in [1.82, 2.24) is 10.6 Å². The van der Waals surface area contributed by atoms with Crippen LogP contribution in [0.5, 0.6) is 5.75 Å². The van der Waals surface area contributed by atoms with Gasteiger partial charge in [0.15, 0.2) is 28.7 Å². The van der Waals surface area contributed by atoms with Gasteiger partial charge >= 0.3 is 12.2 Å². The molecule has 0 saturated heterocycles. The van der Waals surface area contributed by atoms with Gasteiger partial charge in [0.05, 0.1) is 41.6 Å². The van der Waals surface area contributed by atoms with E-state index in [1.54, 1.807) is 66.0 Å². The molecule has 75 heavy (non-hydrogen) atoms. The van der Waals surface area contributed by atoms with Gasteiger partial charge in [-0.15, -0.1) is 0 Å². The van der Waals surface area contributed by atoms with Crippen LogP contribution in [0.4, 0.5) is 26.7 Å². The van der Waals surface area contributed by atoms with E-state index in [4.69, 9.17) is 9.47 Å². The van der Waals surface area contributed by atoms with Gasteiger partial charge < -0.3 is 30.3 Å². The van der Waals surface area contributed by atoms with Gasteiger partial charge in [0.1, 0.15) is 42.0 Å². The molecule has 14 nitrogen and oxygen atoms in total. The van der Waals surface area contributed by atoms with Gasteiger partial charge in [0.2, 0.25) is 5.78 Å². The second-order valence-corrected chi connectivity index (χ2v) is 21.1. The van der Waals surface area contributed by atoms with E-state index in [0.717, 1.165) is 53.7 Å². The van der Waals surface area contributed by atoms with Crippen LogP contribution in [0, 0.1) is 11.8 Å². The lowest BCUT2D eigenvalue weighted by atomic mass is 9.70. The van der Waals surface area contributed by atoms with Crippen molar-refractivity contribution >= 4 is 116 Å². The van der Waals surface area contributed by atoms with Crippen molar-refractivity contribution in [3.63, 3.8) is 0 Å². The number of amides is 2. The molecule has 8 N–H and O–H groups in total. The Balaban J connectivity index is 0.678. The van der Waals surface area contributed by atoms with E-state index in [1.165, 1.54) is 12.1 Å². The largest absolute Gasteiger partial charge is 0.511 e. The Morgan fingerprint density at radius 1 is 0.507 bits per heavy atom. The van der Waals surface area contributed by atoms with Crippen LogP contribution < -0.4 is 21.3 Å². The van der Waals surface area contributed by atoms with E-state index in [0.29, 0.717) is 31.5 Å². The highest BCUT2D eigenvalue weighted by atomic mass is 79.9. The normalized spacial score (nSPS) is 15.4. The fourth-order valence-corrected chi connectivity index (χ4v) is 12.2. The van der Waals surface area contributed by atoms with Crippen LogP contribution in [-0.2, 0) is 22.7 Å². The molecule has 0 spiro atoms. The SMILES string of the molecule is O=C(NCNC(=O)OCc1ccc(-c2cc(Br)c([NH2+]c3ccc(O)c4c3C(=O)c3ccccc3C4=O)c(Br)c2)cc1)OCc1ccc(-c2cc(Br)c([NH2+]C3=CC=C(O)C4C(=O)c5ccccc5C(=O)C34)c(Br)c2)cc1. The van der Waals surface area contributed by atoms with Gasteiger partial charge in [0, 0.05) is 28.3 Å². The average Bonchev–Trinajstić information content (AvgIpc) is 3.42. The number of carbonyl (C=O) groups is 6. The number of aliphatic hydroxyl groups is 1. The summed E-state index contributed by atoms with van der Waals surface area (Å²) in [6.07, 6.45) is 1.66. The molecule has 0 bridgehead atoms. The van der Waals surface area contributed by atoms with Crippen LogP contribution in [0.1, 0.15) is 63.7 Å². The molecule has 2 unspecified atom stereocenters. The highest BCUT2D eigenvalue weighted by molar-refractivity contribution is 9.11. The van der Waals surface area contributed by atoms with Crippen molar-refractivity contribution in [1.29, 1.82) is 0 Å². The number of fused-ring (bicyclic) bond motifs is 4. The summed E-state index contributed by atoms with van der Waals surface area (Å²) < 4.78 is 13.6. The first-order chi connectivity index (χ1) is 36.1. The van der Waals surface area contributed by atoms with Gasteiger partial charge in [0.25, 0.3) is 0 Å². The average molecular weight is 1260 g/mol. The van der Waals surface area contributed by atoms with Crippen molar-refractivity contribution in [2.45, 2.75) is 13.2 Å². The van der Waals surface area contributed by atoms with Crippen LogP contribution in [0.25, 0.3) is 22.3 Å². The number of benzene rings is 7. The van der Waals surface area contributed by atoms with Crippen molar-refractivity contribution in [2.24, 2.45) is 11.8 Å². The number of hydrogen-bond donors (Lipinski definition) is 6. The number of quaternary nitrogens is 2. The molecule has 0 saturated carbocycles. The smallest absolute Gasteiger partial charge is 0.408 e. The molecule has 0 aliphatic heterocycles. The molecule has 0 aromatic heterocycles. The number of alkyl carbamates (subject to hydrolysis) is 2. The summed E-state index contributed by atoms with van der Waals surface area (Å²) >= 11 is 14.7. The lowest BCUT2D eigenvalue weighted by molar-refractivity contribution is -0.525. The number of aromatic hydroxyl groups is 1. The number of rotatable bonds is 12. The van der Waals surface area contributed by atoms with E-state index in [9.17, 15) is 39.0 Å². The Morgan fingerprint density at radius 3 is 1.44 bits per heavy atom. The number of ether oxygens (including phenoxy) is 2. The summed E-state index contributed by atoms with van der Waals surface area (Å²) in [6, 6.07) is 38.9. The fourth-order valence-electron chi connectivity index (χ4n) is 9.35. The van der Waals surface area contributed by atoms with E-state index >= 15 is 0 Å². The molecule has 18 heteroatoms. The first-order valence-electron chi connectivity index (χ1n) is 23.1. The zero-order valence-electron chi connectivity index (χ0n) is 39.0. The first kappa shape index (κ1) is 51.2. The number of halogens is 4. The Bertz CT molecular complexity index is 3590. The molecule has 3 aliphatic rings. The summed E-state index contributed by atoms with van der Waals surface area (Å²) in [5.41, 5.74) is 8.82. The van der Waals surface area contributed by atoms with Crippen LogP contribution in [0.2, 0.25) is 0 Å². The van der Waals surface area contributed by atoms with Gasteiger partial charge in [-0.25, -0.2) is 9.59 Å². The minimum atomic E-state index is -0.989. The quantitative estimate of drug-likeness (QED) is 0.0386. The molecule has 2 amide bonds. The Kier molecular flexibility index (Phi) is 14.7. The van der Waals surface area contributed by atoms with Crippen molar-refractivity contribution in [2.75, 3.05) is 6.67 Å². The third-order valence-electron chi connectivity index (χ3n) is 13.1. The first-order valence-corrected chi connectivity index (χ1v) is 26.3. The number of phenols is 1. The van der Waals surface area contributed by atoms with Gasteiger partial charge in [-0.1, -0.05) is 97.1 Å². The number of ketones is 4. The number of nitrogens with two attached hydrogens (primary N) is 2. The fraction of sp³-hybridized carbons (Fsp3) is 0.0877. The molecule has 0 radical (unpaired) electrons. The maximum atomic E-state index is 13.7. The molecule has 3 aliphatic carbocycles. The summed E-state index contributed by atoms with van der Waals surface area (Å²) in [5, 5.41) is 29.9. The number of Topliss-reactive ketones (excluding diaryl/α,β-unsaturated/α-hetero) is 2. The monoisotopic (exact) mass is 1260 g/mol. The Labute approximate surface area is 461 Å². The maximum Gasteiger partial charge on any atom is 0.408 e. The number of aliphatic hydroxyl groups excluding tert-OH is 1. The number of carbonyl (C=O) groups excluding carboxylic acids is 6. The van der Waals surface area contributed by atoms with E-state index in [2.05, 4.69) is 74.4 Å². The topological polar surface area (TPSA) is 219 Å². The number of allylic oxidation sites excluding steroid dienone is 4. The van der Waals surface area contributed by atoms with Crippen molar-refractivity contribution in [3.8, 4) is 28.0 Å². The van der Waals surface area contributed by atoms with E-state index in [1.807, 2.05) is 78.1 Å². The van der Waals surface area contributed by atoms with E-state index < -0.39 is 29.8 Å². The third kappa shape index (κ3) is 10.3. The predicted octanol–water partition coefficient (Wildman–Crippen LogP) is 11.0. The van der Waals surface area contributed by atoms with E-state index in [-0.39, 0.29) is 71.0 Å². The number of hydrogen-bond acceptors (Lipinski definition) is 10. The molecular formula is C57H40Br4N4O10+2. The highest BCUT2D eigenvalue weighted by Crippen LogP contribution is 2.42. The molecule has 374 valence electrons. The lowest BCUT2D eigenvalue weighted by Gasteiger charge is -2.32. The zero-order chi connectivity index (χ0) is 52.7. The summed E-state index contributed by atoms with van der Waals surface area (Å²) in [6.45, 7) is -0.293. The minimum absolute atomic E-state index is 0.0180. The third-order valence-corrected chi connectivity index (χ3v) is 15.7. The Morgan fingerprint density at radius 2 is 0.947 bits per heavy atom. The van der Waals surface area contributed by atoms with Gasteiger partial charge in [-0.3, -0.25) is 29.8 Å². The summed E-state index contributed by atoms with van der Waals surface area (Å²) in [5.74, 6) is -3.50. The van der Waals surface area contributed by atoms with Crippen LogP contribution in [0.3, 0.4) is 0 Å². The van der Waals surface area contributed by atoms with Gasteiger partial charge in [-0.2, -0.15) is 0 Å². The lowest BCUT2D eigenvalue weighted by Crippen LogP contribution is -2.79. The maximum absolute atomic E-state index is 13.7. The number of phenolic OH excluding ortho intramolecular Hbond substituents is 1. The zero-order valence-corrected chi connectivity index (χ0v) is 45.3. The standard InChI is InChI=1S/C57H38Br4N4O10/c58-38-21-32(22-39(59)50(38)64-42-17-19-44(66)48-46(42)52(68)34-5-1-3-7-36(34)54(48)70)30-13-9-28(10-14-30)25-74-56(72)62-27-63-57(73)75-26-29-11-15-31(16-12-29)33-23-40(60)51(41(61)24-33)65-43-18-20-45(67)49-47(43)53(69)35-6-2-4-8-37(35)55(49)71/h1-24,46,48,64-67H,25-27H2,(H,62,72)(H,63,73)/p+2. The molecule has 2 atom stereocenters. The van der Waals surface area contributed by atoms with Crippen LogP contribution in [-0.4, -0.2) is 52.2 Å². The molecule has 0 fully saturated rings. The summed E-state index contributed by atoms with van der Waals surface area (Å²) in [7, 11) is 0. The number of nitrogens with one attached hydrogen (secondary N) is 2. The molecule has 0 heterocycles. The van der Waals surface area contributed by atoms with Crippen LogP contribution >= 0.6 is 63.7 Å². The second-order valence-electron chi connectivity index (χ2n) is 17.7. The van der Waals surface area contributed by atoms with Crippen LogP contribution in [0.15, 0.2) is 175 Å². The molecule has 10 rings (SSSR count). The minimum Gasteiger partial charge on any atom is -0.511 e. The molecule has 7 aromatic carbocycles. The summed E-state index contributed by atoms with van der Waals surface area (Å²) in [4.78, 5) is 79.0. The highest BCUT2D eigenvalue weighted by Gasteiger charge is 2.48. The Hall–Kier alpha value is -7.32.